The van der Waals surface area contributed by atoms with Gasteiger partial charge in [0.05, 0.1) is 32.3 Å². The smallest absolute Gasteiger partial charge is 0.407 e. The SMILES string of the molecule is C=CCOC(=O)[C@@H](C)C[C@H](Cc1ccccc1)NC(=O)c1csc([C@@H](C[C@H](C(C)C)N(C)C(=O)[C@@H](CC(=O)[C@H]2CCCC[N+]2(C)Cc2ccc(O[C@@H]3O[C@H](C(=O)OC)[C@@H](C)[C@H](C)[C@H]3OC(C)=O)c(NC(=O)CCNC(=O)OCC3c4ccccc4-c4ccccc43)c2)[C@@H](C)CC)OCC)n1. The highest BCUT2D eigenvalue weighted by Crippen LogP contribution is 2.45. The van der Waals surface area contributed by atoms with Crippen molar-refractivity contribution in [1.82, 2.24) is 20.5 Å². The van der Waals surface area contributed by atoms with Gasteiger partial charge in [-0.25, -0.2) is 14.6 Å². The van der Waals surface area contributed by atoms with E-state index in [9.17, 15) is 28.8 Å². The summed E-state index contributed by atoms with van der Waals surface area (Å²) in [5, 5.41) is 11.2. The van der Waals surface area contributed by atoms with Crippen LogP contribution in [0, 0.1) is 35.5 Å². The molecule has 2 saturated heterocycles. The molecule has 4 aromatic carbocycles. The number of hydrogen-bond acceptors (Lipinski definition) is 17. The number of ether oxygens (including phenoxy) is 7. The summed E-state index contributed by atoms with van der Waals surface area (Å²) in [5.41, 5.74) is 6.52. The van der Waals surface area contributed by atoms with Crippen molar-refractivity contribution in [2.75, 3.05) is 59.4 Å². The average molecular weight is 1400 g/mol. The number of carbonyl (C=O) groups is 8. The Balaban J connectivity index is 0.973. The maximum Gasteiger partial charge on any atom is 0.407 e. The number of benzene rings is 4. The summed E-state index contributed by atoms with van der Waals surface area (Å²) >= 11 is 1.31. The van der Waals surface area contributed by atoms with Gasteiger partial charge in [-0.1, -0.05) is 146 Å². The number of aromatic nitrogens is 1. The Kier molecular flexibility index (Phi) is 28.1. The topological polar surface area (TPSA) is 253 Å². The molecular formula is C78H103N6O15S+. The number of Topliss-reactive ketones (excluding diaryl/α,β-unsaturated/α-hetero) is 1. The molecule has 540 valence electrons. The summed E-state index contributed by atoms with van der Waals surface area (Å²) < 4.78 is 41.5. The van der Waals surface area contributed by atoms with Crippen LogP contribution < -0.4 is 20.7 Å². The summed E-state index contributed by atoms with van der Waals surface area (Å²) in [6.07, 6.45) is 0.881. The number of fused-ring (bicyclic) bond motifs is 3. The van der Waals surface area contributed by atoms with E-state index in [1.54, 1.807) is 43.3 Å². The molecule has 2 fully saturated rings. The van der Waals surface area contributed by atoms with Crippen LogP contribution in [0.1, 0.15) is 163 Å². The second-order valence-electron chi connectivity index (χ2n) is 27.7. The average Bonchev–Trinajstić information content (AvgIpc) is 1.48. The Morgan fingerprint density at radius 2 is 1.55 bits per heavy atom. The molecule has 0 saturated carbocycles. The molecule has 3 aliphatic rings. The highest BCUT2D eigenvalue weighted by atomic mass is 32.1. The number of nitrogens with zero attached hydrogens (tertiary/aromatic N) is 3. The van der Waals surface area contributed by atoms with Crippen LogP contribution >= 0.6 is 11.3 Å². The van der Waals surface area contributed by atoms with Gasteiger partial charge in [0.15, 0.2) is 18.0 Å². The van der Waals surface area contributed by atoms with Crippen molar-refractivity contribution >= 4 is 64.5 Å². The fourth-order valence-corrected chi connectivity index (χ4v) is 15.2. The number of hydrogen-bond donors (Lipinski definition) is 3. The zero-order valence-corrected chi connectivity index (χ0v) is 61.0. The number of rotatable bonds is 34. The molecule has 13 atom stereocenters. The number of methoxy groups -OCH3 is 1. The predicted molar refractivity (Wildman–Crippen MR) is 382 cm³/mol. The molecule has 0 radical (unpaired) electrons. The fraction of sp³-hybridized carbons (Fsp3) is 0.526. The lowest BCUT2D eigenvalue weighted by molar-refractivity contribution is -0.941. The van der Waals surface area contributed by atoms with Crippen molar-refractivity contribution in [2.24, 2.45) is 35.5 Å². The number of likely N-dealkylation sites (tertiary alicyclic amines) is 1. The number of amides is 4. The number of anilines is 1. The van der Waals surface area contributed by atoms with Gasteiger partial charge in [0.2, 0.25) is 18.1 Å². The van der Waals surface area contributed by atoms with Gasteiger partial charge in [0, 0.05) is 93.6 Å². The van der Waals surface area contributed by atoms with E-state index in [4.69, 9.17) is 38.1 Å². The third kappa shape index (κ3) is 19.8. The molecule has 8 rings (SSSR count). The van der Waals surface area contributed by atoms with Crippen molar-refractivity contribution in [2.45, 2.75) is 175 Å². The minimum Gasteiger partial charge on any atom is -0.467 e. The van der Waals surface area contributed by atoms with Gasteiger partial charge in [-0.05, 0) is 96.4 Å². The van der Waals surface area contributed by atoms with Gasteiger partial charge in [-0.2, -0.15) is 0 Å². The van der Waals surface area contributed by atoms with Crippen LogP contribution in [0.25, 0.3) is 11.1 Å². The molecule has 0 spiro atoms. The fourth-order valence-electron chi connectivity index (χ4n) is 14.4. The third-order valence-corrected chi connectivity index (χ3v) is 21.2. The van der Waals surface area contributed by atoms with Gasteiger partial charge in [0.25, 0.3) is 5.91 Å². The van der Waals surface area contributed by atoms with Crippen molar-refractivity contribution in [3.05, 3.63) is 148 Å². The highest BCUT2D eigenvalue weighted by molar-refractivity contribution is 7.09. The van der Waals surface area contributed by atoms with Crippen LogP contribution in [-0.4, -0.2) is 153 Å². The molecule has 4 amide bonds. The number of nitrogens with one attached hydrogen (secondary N) is 3. The first kappa shape index (κ1) is 77.4. The minimum absolute atomic E-state index is 0.0175. The quantitative estimate of drug-likeness (QED) is 0.0150. The van der Waals surface area contributed by atoms with Gasteiger partial charge in [-0.3, -0.25) is 28.8 Å². The molecular weight excluding hydrogens is 1290 g/mol. The molecule has 2 aliphatic heterocycles. The second-order valence-corrected chi connectivity index (χ2v) is 28.6. The lowest BCUT2D eigenvalue weighted by atomic mass is 9.82. The summed E-state index contributed by atoms with van der Waals surface area (Å²) in [6.45, 7) is 21.9. The summed E-state index contributed by atoms with van der Waals surface area (Å²) in [6, 6.07) is 29.9. The molecule has 21 nitrogen and oxygen atoms in total. The van der Waals surface area contributed by atoms with Crippen molar-refractivity contribution in [3.8, 4) is 16.9 Å². The van der Waals surface area contributed by atoms with E-state index in [0.717, 1.165) is 46.2 Å². The Bertz CT molecular complexity index is 3590. The number of piperidine rings is 1. The maximum atomic E-state index is 15.3. The van der Waals surface area contributed by atoms with Gasteiger partial charge in [0.1, 0.15) is 48.4 Å². The zero-order valence-electron chi connectivity index (χ0n) is 60.2. The van der Waals surface area contributed by atoms with E-state index in [1.165, 1.54) is 31.4 Å². The maximum absolute atomic E-state index is 15.3. The molecule has 5 aromatic rings. The van der Waals surface area contributed by atoms with Crippen LogP contribution in [-0.2, 0) is 70.2 Å². The van der Waals surface area contributed by atoms with E-state index < -0.39 is 84.3 Å². The van der Waals surface area contributed by atoms with Crippen molar-refractivity contribution in [1.29, 1.82) is 0 Å². The Labute approximate surface area is 593 Å². The van der Waals surface area contributed by atoms with E-state index in [-0.39, 0.29) is 97.1 Å². The zero-order chi connectivity index (χ0) is 72.4. The van der Waals surface area contributed by atoms with Crippen molar-refractivity contribution in [3.63, 3.8) is 0 Å². The van der Waals surface area contributed by atoms with Crippen LogP contribution in [0.2, 0.25) is 0 Å². The van der Waals surface area contributed by atoms with Gasteiger partial charge < -0.3 is 58.5 Å². The van der Waals surface area contributed by atoms with Crippen molar-refractivity contribution < 1.29 is 76.0 Å². The molecule has 100 heavy (non-hydrogen) atoms. The molecule has 1 aromatic heterocycles. The lowest BCUT2D eigenvalue weighted by Crippen LogP contribution is -2.58. The number of thiazole rings is 1. The number of quaternary nitrogens is 1. The largest absolute Gasteiger partial charge is 0.467 e. The Morgan fingerprint density at radius 3 is 2.20 bits per heavy atom. The Hall–Kier alpha value is -8.31. The second kappa shape index (κ2) is 36.3. The van der Waals surface area contributed by atoms with E-state index in [1.807, 2.05) is 100 Å². The number of likely N-dealkylation sites (N-methyl/N-ethyl adjacent to an activating group) is 1. The van der Waals surface area contributed by atoms with E-state index >= 15 is 9.59 Å². The van der Waals surface area contributed by atoms with Crippen LogP contribution in [0.3, 0.4) is 0 Å². The molecule has 22 heteroatoms. The molecule has 1 aliphatic carbocycles. The normalized spacial score (nSPS) is 21.3. The summed E-state index contributed by atoms with van der Waals surface area (Å²) in [4.78, 5) is 117. The number of alkyl carbamates (subject to hydrolysis) is 1. The van der Waals surface area contributed by atoms with Gasteiger partial charge in [-0.15, -0.1) is 11.3 Å². The Morgan fingerprint density at radius 1 is 0.860 bits per heavy atom. The molecule has 3 heterocycles. The standard InChI is InChI=1S/C78H102N6O15S/c1-14-38-95-75(90)49(7)39-55(40-53-26-18-17-19-27-53)80-72(88)63-46-100-73(82-63)68(94-16-3)43-64(47(4)5)83(11)74(89)60(48(6)15-2)42-66(86)65-32-24-25-37-84(65,12)44-54-33-34-67(98-77-71(97-52(10)85)51(9)50(8)70(99-77)76(91)93-13)62(41-54)81-69(87)35-36-79-78(92)96-45-61-58-30-22-20-28-56(58)57-29-21-23-31-59(57)61/h14,17-23,26-31,33-34,41,46-51,55,60-61,64-65,68,70-71,77H,1,15-16,24-25,32,35-40,42-45H2,2-13H3,(H2-,79,80,81,87,88,92)/p+1/t48-,49-,50-,51-,55+,60-,64+,65+,68+,70-,71+,77+,84?/m0/s1. The van der Waals surface area contributed by atoms with Crippen LogP contribution in [0.15, 0.2) is 115 Å². The number of carbonyl (C=O) groups excluding carboxylic acids is 8. The third-order valence-electron chi connectivity index (χ3n) is 20.3. The van der Waals surface area contributed by atoms with Gasteiger partial charge >= 0.3 is 24.0 Å². The van der Waals surface area contributed by atoms with Crippen LogP contribution in [0.4, 0.5) is 10.5 Å². The summed E-state index contributed by atoms with van der Waals surface area (Å²) in [7, 11) is 5.12. The first-order valence-electron chi connectivity index (χ1n) is 35.3. The van der Waals surface area contributed by atoms with E-state index in [0.29, 0.717) is 61.3 Å². The summed E-state index contributed by atoms with van der Waals surface area (Å²) in [5.74, 6) is -4.85. The number of ketones is 1. The molecule has 0 bridgehead atoms. The van der Waals surface area contributed by atoms with Crippen LogP contribution in [0.5, 0.6) is 5.75 Å². The molecule has 1 unspecified atom stereocenters. The highest BCUT2D eigenvalue weighted by Gasteiger charge is 2.49. The monoisotopic (exact) mass is 1400 g/mol. The first-order chi connectivity index (χ1) is 47.9. The predicted octanol–water partition coefficient (Wildman–Crippen LogP) is 12.4. The first-order valence-corrected chi connectivity index (χ1v) is 36.2. The minimum atomic E-state index is -1.31. The lowest BCUT2D eigenvalue weighted by Gasteiger charge is -2.45. The molecule has 3 N–H and O–H groups in total. The van der Waals surface area contributed by atoms with E-state index in [2.05, 4.69) is 55.6 Å². The number of esters is 3.